The van der Waals surface area contributed by atoms with Crippen LogP contribution in [0.4, 0.5) is 4.39 Å². The molecule has 1 aromatic heterocycles. The SMILES string of the molecule is CCCC(O)c1ccc(F)cc1-c1nnnn1C. The largest absolute Gasteiger partial charge is 0.388 e. The quantitative estimate of drug-likeness (QED) is 0.899. The molecule has 0 radical (unpaired) electrons. The number of hydrogen-bond acceptors (Lipinski definition) is 4. The summed E-state index contributed by atoms with van der Waals surface area (Å²) < 4.78 is 14.8. The van der Waals surface area contributed by atoms with Crippen LogP contribution in [-0.2, 0) is 7.05 Å². The van der Waals surface area contributed by atoms with Gasteiger partial charge in [0.25, 0.3) is 0 Å². The highest BCUT2D eigenvalue weighted by molar-refractivity contribution is 5.60. The van der Waals surface area contributed by atoms with Gasteiger partial charge in [-0.1, -0.05) is 19.4 Å². The Balaban J connectivity index is 2.51. The first-order valence-corrected chi connectivity index (χ1v) is 5.83. The number of aromatic nitrogens is 4. The number of benzene rings is 1. The van der Waals surface area contributed by atoms with Crippen molar-refractivity contribution in [1.29, 1.82) is 0 Å². The average Bonchev–Trinajstić information content (AvgIpc) is 2.75. The third-order valence-electron chi connectivity index (χ3n) is 2.80. The van der Waals surface area contributed by atoms with Gasteiger partial charge in [0, 0.05) is 12.6 Å². The van der Waals surface area contributed by atoms with E-state index in [9.17, 15) is 9.50 Å². The van der Waals surface area contributed by atoms with Gasteiger partial charge >= 0.3 is 0 Å². The molecule has 0 fully saturated rings. The van der Waals surface area contributed by atoms with Crippen LogP contribution in [0.2, 0.25) is 0 Å². The summed E-state index contributed by atoms with van der Waals surface area (Å²) in [5.74, 6) is 0.0695. The van der Waals surface area contributed by atoms with Crippen LogP contribution in [0.5, 0.6) is 0 Å². The van der Waals surface area contributed by atoms with Gasteiger partial charge in [0.2, 0.25) is 0 Å². The molecule has 2 aromatic rings. The van der Waals surface area contributed by atoms with Gasteiger partial charge in [-0.3, -0.25) is 0 Å². The maximum absolute atomic E-state index is 13.4. The predicted octanol–water partition coefficient (Wildman–Crippen LogP) is 1.85. The molecule has 5 nitrogen and oxygen atoms in total. The lowest BCUT2D eigenvalue weighted by molar-refractivity contribution is 0.167. The second-order valence-corrected chi connectivity index (χ2v) is 4.16. The molecule has 96 valence electrons. The van der Waals surface area contributed by atoms with Gasteiger partial charge in [-0.15, -0.1) is 5.10 Å². The van der Waals surface area contributed by atoms with Crippen molar-refractivity contribution >= 4 is 0 Å². The molecule has 0 aliphatic carbocycles. The number of rotatable bonds is 4. The van der Waals surface area contributed by atoms with Crippen LogP contribution in [-0.4, -0.2) is 25.3 Å². The van der Waals surface area contributed by atoms with Crippen molar-refractivity contribution < 1.29 is 9.50 Å². The number of aliphatic hydroxyl groups excluding tert-OH is 1. The Morgan fingerprint density at radius 3 is 2.83 bits per heavy atom. The van der Waals surface area contributed by atoms with Crippen molar-refractivity contribution in [3.8, 4) is 11.4 Å². The first-order valence-electron chi connectivity index (χ1n) is 5.83. The van der Waals surface area contributed by atoms with Crippen LogP contribution < -0.4 is 0 Å². The second-order valence-electron chi connectivity index (χ2n) is 4.16. The van der Waals surface area contributed by atoms with Crippen LogP contribution in [0.25, 0.3) is 11.4 Å². The topological polar surface area (TPSA) is 63.8 Å². The Bertz CT molecular complexity index is 541. The molecule has 0 aliphatic heterocycles. The summed E-state index contributed by atoms with van der Waals surface area (Å²) >= 11 is 0. The van der Waals surface area contributed by atoms with E-state index in [0.717, 1.165) is 6.42 Å². The maximum atomic E-state index is 13.4. The lowest BCUT2D eigenvalue weighted by atomic mass is 9.98. The minimum atomic E-state index is -0.637. The summed E-state index contributed by atoms with van der Waals surface area (Å²) in [5, 5.41) is 21.2. The van der Waals surface area contributed by atoms with Crippen molar-refractivity contribution in [3.05, 3.63) is 29.6 Å². The smallest absolute Gasteiger partial charge is 0.182 e. The van der Waals surface area contributed by atoms with Gasteiger partial charge in [-0.25, -0.2) is 9.07 Å². The zero-order valence-electron chi connectivity index (χ0n) is 10.3. The van der Waals surface area contributed by atoms with Gasteiger partial charge in [0.1, 0.15) is 5.82 Å². The second kappa shape index (κ2) is 5.22. The van der Waals surface area contributed by atoms with E-state index in [0.29, 0.717) is 23.4 Å². The summed E-state index contributed by atoms with van der Waals surface area (Å²) in [5.41, 5.74) is 1.18. The van der Waals surface area contributed by atoms with E-state index in [4.69, 9.17) is 0 Å². The van der Waals surface area contributed by atoms with E-state index in [-0.39, 0.29) is 5.82 Å². The average molecular weight is 250 g/mol. The number of aliphatic hydroxyl groups is 1. The van der Waals surface area contributed by atoms with Gasteiger partial charge in [0.15, 0.2) is 5.82 Å². The molecular weight excluding hydrogens is 235 g/mol. The van der Waals surface area contributed by atoms with Crippen molar-refractivity contribution in [3.63, 3.8) is 0 Å². The summed E-state index contributed by atoms with van der Waals surface area (Å²) in [7, 11) is 1.68. The maximum Gasteiger partial charge on any atom is 0.182 e. The monoisotopic (exact) mass is 250 g/mol. The fourth-order valence-corrected chi connectivity index (χ4v) is 1.90. The van der Waals surface area contributed by atoms with Crippen molar-refractivity contribution in [2.45, 2.75) is 25.9 Å². The minimum Gasteiger partial charge on any atom is -0.388 e. The van der Waals surface area contributed by atoms with Crippen molar-refractivity contribution in [2.75, 3.05) is 0 Å². The normalized spacial score (nSPS) is 12.7. The Hall–Kier alpha value is -1.82. The highest BCUT2D eigenvalue weighted by Crippen LogP contribution is 2.29. The fraction of sp³-hybridized carbons (Fsp3) is 0.417. The Morgan fingerprint density at radius 2 is 2.22 bits per heavy atom. The molecular formula is C12H15FN4O. The molecule has 0 saturated heterocycles. The summed E-state index contributed by atoms with van der Waals surface area (Å²) in [4.78, 5) is 0. The molecule has 1 heterocycles. The highest BCUT2D eigenvalue weighted by atomic mass is 19.1. The van der Waals surface area contributed by atoms with Crippen molar-refractivity contribution in [2.24, 2.45) is 7.05 Å². The number of hydrogen-bond donors (Lipinski definition) is 1. The summed E-state index contributed by atoms with van der Waals surface area (Å²) in [6, 6.07) is 4.26. The Labute approximate surface area is 104 Å². The molecule has 1 aromatic carbocycles. The fourth-order valence-electron chi connectivity index (χ4n) is 1.90. The van der Waals surface area contributed by atoms with Crippen LogP contribution >= 0.6 is 0 Å². The third-order valence-corrected chi connectivity index (χ3v) is 2.80. The van der Waals surface area contributed by atoms with Crippen LogP contribution in [0.1, 0.15) is 31.4 Å². The summed E-state index contributed by atoms with van der Waals surface area (Å²) in [6.07, 6.45) is 0.821. The molecule has 0 bridgehead atoms. The molecule has 0 spiro atoms. The van der Waals surface area contributed by atoms with Gasteiger partial charge in [-0.05, 0) is 34.5 Å². The first kappa shape index (κ1) is 12.6. The lowest BCUT2D eigenvalue weighted by Gasteiger charge is -2.14. The third kappa shape index (κ3) is 2.38. The minimum absolute atomic E-state index is 0.375. The number of nitrogens with zero attached hydrogens (tertiary/aromatic N) is 4. The zero-order chi connectivity index (χ0) is 13.1. The Morgan fingerprint density at radius 1 is 1.44 bits per heavy atom. The first-order chi connectivity index (χ1) is 8.63. The van der Waals surface area contributed by atoms with Gasteiger partial charge < -0.3 is 5.11 Å². The zero-order valence-corrected chi connectivity index (χ0v) is 10.3. The predicted molar refractivity (Wildman–Crippen MR) is 64.1 cm³/mol. The lowest BCUT2D eigenvalue weighted by Crippen LogP contribution is -2.03. The van der Waals surface area contributed by atoms with Crippen LogP contribution in [0.15, 0.2) is 18.2 Å². The van der Waals surface area contributed by atoms with E-state index < -0.39 is 6.10 Å². The molecule has 1 N–H and O–H groups in total. The molecule has 18 heavy (non-hydrogen) atoms. The van der Waals surface area contributed by atoms with Gasteiger partial charge in [-0.2, -0.15) is 0 Å². The number of aryl methyl sites for hydroxylation is 1. The van der Waals surface area contributed by atoms with E-state index in [1.54, 1.807) is 13.1 Å². The molecule has 1 atom stereocenters. The standard InChI is InChI=1S/C12H15FN4O/c1-3-4-11(18)9-6-5-8(13)7-10(9)12-14-15-16-17(12)2/h5-7,11,18H,3-4H2,1-2H3. The number of tetrazole rings is 1. The van der Waals surface area contributed by atoms with E-state index in [1.165, 1.54) is 16.8 Å². The molecule has 0 saturated carbocycles. The van der Waals surface area contributed by atoms with E-state index in [1.807, 2.05) is 6.92 Å². The molecule has 1 unspecified atom stereocenters. The van der Waals surface area contributed by atoms with E-state index in [2.05, 4.69) is 15.5 Å². The number of halogens is 1. The van der Waals surface area contributed by atoms with Crippen LogP contribution in [0, 0.1) is 5.82 Å². The Kier molecular flexibility index (Phi) is 3.66. The highest BCUT2D eigenvalue weighted by Gasteiger charge is 2.17. The van der Waals surface area contributed by atoms with Gasteiger partial charge in [0.05, 0.1) is 6.10 Å². The molecule has 2 rings (SSSR count). The molecule has 6 heteroatoms. The van der Waals surface area contributed by atoms with Crippen LogP contribution in [0.3, 0.4) is 0 Å². The van der Waals surface area contributed by atoms with E-state index >= 15 is 0 Å². The molecule has 0 aliphatic rings. The van der Waals surface area contributed by atoms with Crippen molar-refractivity contribution in [1.82, 2.24) is 20.2 Å². The molecule has 0 amide bonds. The summed E-state index contributed by atoms with van der Waals surface area (Å²) in [6.45, 7) is 1.98.